The lowest BCUT2D eigenvalue weighted by molar-refractivity contribution is -0.137. The van der Waals surface area contributed by atoms with Crippen LogP contribution in [0.15, 0.2) is 88.0 Å². The highest BCUT2D eigenvalue weighted by molar-refractivity contribution is 5.63. The lowest BCUT2D eigenvalue weighted by Crippen LogP contribution is -2.06. The molecule has 0 spiro atoms. The zero-order valence-corrected chi connectivity index (χ0v) is 20.6. The molecule has 1 N–H and O–H groups in total. The average molecular weight is 524 g/mol. The number of rotatable bonds is 6. The second-order valence-electron chi connectivity index (χ2n) is 8.19. The predicted molar refractivity (Wildman–Crippen MR) is 133 cm³/mol. The van der Waals surface area contributed by atoms with Gasteiger partial charge >= 0.3 is 6.18 Å². The molecule has 0 unspecified atom stereocenters. The second-order valence-corrected chi connectivity index (χ2v) is 8.19. The summed E-state index contributed by atoms with van der Waals surface area (Å²) in [4.78, 5) is 3.68. The molecule has 0 aliphatic rings. The number of ether oxygens (including phenoxy) is 1. The second kappa shape index (κ2) is 11.7. The smallest absolute Gasteiger partial charge is 0.417 e. The molecule has 5 aromatic rings. The summed E-state index contributed by atoms with van der Waals surface area (Å²) in [7, 11) is 0. The van der Waals surface area contributed by atoms with Gasteiger partial charge in [-0.1, -0.05) is 71.0 Å². The van der Waals surface area contributed by atoms with Crippen LogP contribution in [0.2, 0.25) is 0 Å². The van der Waals surface area contributed by atoms with Crippen LogP contribution in [0.1, 0.15) is 28.2 Å². The van der Waals surface area contributed by atoms with Crippen LogP contribution in [0, 0.1) is 13.8 Å². The Bertz CT molecular complexity index is 1450. The number of hydrogen-bond donors (Lipinski definition) is 1. The van der Waals surface area contributed by atoms with Crippen molar-refractivity contribution in [3.8, 4) is 28.4 Å². The third-order valence-corrected chi connectivity index (χ3v) is 5.65. The lowest BCUT2D eigenvalue weighted by Gasteiger charge is -2.08. The SMILES string of the molecule is Cc1onc(-c2ccccc2)c1CO.Cc1onc(-c2ccccc2)c1COc1ccc(C(F)(F)F)cn1. The molecule has 10 heteroatoms. The van der Waals surface area contributed by atoms with Gasteiger partial charge in [0.15, 0.2) is 0 Å². The third kappa shape index (κ3) is 6.27. The summed E-state index contributed by atoms with van der Waals surface area (Å²) in [6.45, 7) is 3.60. The first-order valence-corrected chi connectivity index (χ1v) is 11.6. The minimum Gasteiger partial charge on any atom is -0.473 e. The van der Waals surface area contributed by atoms with Crippen LogP contribution in [-0.2, 0) is 19.4 Å². The van der Waals surface area contributed by atoms with Gasteiger partial charge in [-0.05, 0) is 19.9 Å². The minimum absolute atomic E-state index is 0.0421. The summed E-state index contributed by atoms with van der Waals surface area (Å²) < 4.78 is 53.3. The zero-order valence-electron chi connectivity index (χ0n) is 20.6. The molecule has 3 heterocycles. The molecule has 5 rings (SSSR count). The van der Waals surface area contributed by atoms with Crippen molar-refractivity contribution in [3.63, 3.8) is 0 Å². The van der Waals surface area contributed by atoms with Gasteiger partial charge in [-0.25, -0.2) is 4.98 Å². The highest BCUT2D eigenvalue weighted by Crippen LogP contribution is 2.30. The topological polar surface area (TPSA) is 94.4 Å². The predicted octanol–water partition coefficient (Wildman–Crippen LogP) is 6.79. The van der Waals surface area contributed by atoms with Crippen molar-refractivity contribution in [2.45, 2.75) is 33.2 Å². The number of aryl methyl sites for hydroxylation is 2. The van der Waals surface area contributed by atoms with E-state index >= 15 is 0 Å². The first-order valence-electron chi connectivity index (χ1n) is 11.6. The minimum atomic E-state index is -4.42. The Morgan fingerprint density at radius 3 is 1.76 bits per heavy atom. The number of pyridine rings is 1. The molecule has 0 atom stereocenters. The fourth-order valence-electron chi connectivity index (χ4n) is 3.56. The Morgan fingerprint density at radius 2 is 1.29 bits per heavy atom. The summed E-state index contributed by atoms with van der Waals surface area (Å²) in [6.07, 6.45) is -3.68. The molecule has 0 amide bonds. The van der Waals surface area contributed by atoms with E-state index in [2.05, 4.69) is 15.3 Å². The van der Waals surface area contributed by atoms with Crippen molar-refractivity contribution in [1.29, 1.82) is 0 Å². The van der Waals surface area contributed by atoms with E-state index in [1.54, 1.807) is 13.8 Å². The first kappa shape index (κ1) is 26.6. The Balaban J connectivity index is 0.000000204. The van der Waals surface area contributed by atoms with E-state index in [9.17, 15) is 13.2 Å². The van der Waals surface area contributed by atoms with Crippen LogP contribution in [0.5, 0.6) is 5.88 Å². The molecule has 3 aromatic heterocycles. The molecule has 196 valence electrons. The fraction of sp³-hybridized carbons (Fsp3) is 0.179. The van der Waals surface area contributed by atoms with E-state index in [-0.39, 0.29) is 19.1 Å². The Labute approximate surface area is 216 Å². The highest BCUT2D eigenvalue weighted by atomic mass is 19.4. The van der Waals surface area contributed by atoms with Crippen LogP contribution < -0.4 is 4.74 Å². The number of alkyl halides is 3. The van der Waals surface area contributed by atoms with Crippen molar-refractivity contribution in [1.82, 2.24) is 15.3 Å². The lowest BCUT2D eigenvalue weighted by atomic mass is 10.1. The molecule has 0 saturated carbocycles. The summed E-state index contributed by atoms with van der Waals surface area (Å²) in [5, 5.41) is 17.1. The monoisotopic (exact) mass is 523 g/mol. The van der Waals surface area contributed by atoms with E-state index in [0.29, 0.717) is 17.2 Å². The maximum absolute atomic E-state index is 12.5. The third-order valence-electron chi connectivity index (χ3n) is 5.65. The van der Waals surface area contributed by atoms with Gasteiger partial charge in [-0.3, -0.25) is 0 Å². The molecule has 0 aliphatic heterocycles. The molecule has 0 bridgehead atoms. The fourth-order valence-corrected chi connectivity index (χ4v) is 3.56. The Morgan fingerprint density at radius 1 is 0.763 bits per heavy atom. The molecular formula is C28H24F3N3O4. The first-order chi connectivity index (χ1) is 18.3. The van der Waals surface area contributed by atoms with Crippen LogP contribution in [-0.4, -0.2) is 20.4 Å². The van der Waals surface area contributed by atoms with E-state index in [1.807, 2.05) is 60.7 Å². The molecule has 38 heavy (non-hydrogen) atoms. The van der Waals surface area contributed by atoms with Gasteiger partial charge in [0.2, 0.25) is 5.88 Å². The largest absolute Gasteiger partial charge is 0.473 e. The zero-order chi connectivity index (χ0) is 27.1. The summed E-state index contributed by atoms with van der Waals surface area (Å²) in [5.74, 6) is 1.36. The normalized spacial score (nSPS) is 11.1. The van der Waals surface area contributed by atoms with Crippen LogP contribution in [0.3, 0.4) is 0 Å². The molecular weight excluding hydrogens is 499 g/mol. The average Bonchev–Trinajstić information content (AvgIpc) is 3.50. The van der Waals surface area contributed by atoms with E-state index in [4.69, 9.17) is 18.9 Å². The van der Waals surface area contributed by atoms with Gasteiger partial charge in [-0.2, -0.15) is 13.2 Å². The van der Waals surface area contributed by atoms with Gasteiger partial charge in [0.05, 0.1) is 17.7 Å². The number of hydrogen-bond acceptors (Lipinski definition) is 7. The maximum atomic E-state index is 12.5. The number of aromatic nitrogens is 3. The van der Waals surface area contributed by atoms with Crippen molar-refractivity contribution in [2.24, 2.45) is 0 Å². The summed E-state index contributed by atoms with van der Waals surface area (Å²) >= 11 is 0. The van der Waals surface area contributed by atoms with Crippen molar-refractivity contribution >= 4 is 0 Å². The molecule has 2 aromatic carbocycles. The number of aliphatic hydroxyl groups is 1. The van der Waals surface area contributed by atoms with Gasteiger partial charge in [0.25, 0.3) is 0 Å². The van der Waals surface area contributed by atoms with Crippen LogP contribution in [0.25, 0.3) is 22.5 Å². The van der Waals surface area contributed by atoms with E-state index in [0.717, 1.165) is 40.2 Å². The van der Waals surface area contributed by atoms with Crippen molar-refractivity contribution in [2.75, 3.05) is 0 Å². The highest BCUT2D eigenvalue weighted by Gasteiger charge is 2.30. The quantitative estimate of drug-likeness (QED) is 0.262. The Hall–Kier alpha value is -4.44. The van der Waals surface area contributed by atoms with Crippen LogP contribution >= 0.6 is 0 Å². The summed E-state index contributed by atoms with van der Waals surface area (Å²) in [5.41, 5.74) is 3.87. The molecule has 0 saturated heterocycles. The number of nitrogens with zero attached hydrogens (tertiary/aromatic N) is 3. The number of aliphatic hydroxyl groups excluding tert-OH is 1. The summed E-state index contributed by atoms with van der Waals surface area (Å²) in [6, 6.07) is 21.2. The molecule has 0 aliphatic carbocycles. The standard InChI is InChI=1S/C17H13F3N2O2.C11H11NO2/c1-11-14(16(22-24-11)12-5-3-2-4-6-12)10-23-15-8-7-13(9-21-15)17(18,19)20;1-8-10(7-13)11(12-14-8)9-5-3-2-4-6-9/h2-9H,10H2,1H3;2-6,13H,7H2,1H3. The number of benzene rings is 2. The van der Waals surface area contributed by atoms with Gasteiger partial charge < -0.3 is 18.9 Å². The van der Waals surface area contributed by atoms with Crippen molar-refractivity contribution in [3.05, 3.63) is 107 Å². The van der Waals surface area contributed by atoms with Crippen molar-refractivity contribution < 1.29 is 32.1 Å². The van der Waals surface area contributed by atoms with E-state index < -0.39 is 11.7 Å². The van der Waals surface area contributed by atoms with Gasteiger partial charge in [0, 0.05) is 29.0 Å². The number of halogens is 3. The maximum Gasteiger partial charge on any atom is 0.417 e. The van der Waals surface area contributed by atoms with Gasteiger partial charge in [0.1, 0.15) is 29.5 Å². The molecule has 0 fully saturated rings. The van der Waals surface area contributed by atoms with E-state index in [1.165, 1.54) is 6.07 Å². The Kier molecular flexibility index (Phi) is 8.22. The van der Waals surface area contributed by atoms with Crippen LogP contribution in [0.4, 0.5) is 13.2 Å². The molecule has 7 nitrogen and oxygen atoms in total. The molecule has 0 radical (unpaired) electrons. The van der Waals surface area contributed by atoms with Gasteiger partial charge in [-0.15, -0.1) is 0 Å².